The predicted molar refractivity (Wildman–Crippen MR) is 221 cm³/mol. The second kappa shape index (κ2) is 17.4. The van der Waals surface area contributed by atoms with E-state index >= 15 is 0 Å². The summed E-state index contributed by atoms with van der Waals surface area (Å²) in [5.74, 6) is 0. The number of allylic oxidation sites excluding steroid dienone is 2. The van der Waals surface area contributed by atoms with Gasteiger partial charge in [0.15, 0.2) is 32.1 Å². The molecule has 322 valence electrons. The molecule has 6 aromatic rings. The first-order valence-corrected chi connectivity index (χ1v) is 21.9. The Labute approximate surface area is 350 Å². The highest BCUT2D eigenvalue weighted by atomic mass is 32.2. The molecule has 0 radical (unpaired) electrons. The summed E-state index contributed by atoms with van der Waals surface area (Å²) in [4.78, 5) is 6.62. The lowest BCUT2D eigenvalue weighted by Crippen LogP contribution is -2.28. The summed E-state index contributed by atoms with van der Waals surface area (Å²) in [6, 6.07) is 28.9. The van der Waals surface area contributed by atoms with Crippen LogP contribution in [0.15, 0.2) is 103 Å². The Morgan fingerprint density at radius 2 is 1.26 bits per heavy atom. The average Bonchev–Trinajstić information content (AvgIpc) is 3.80. The van der Waals surface area contributed by atoms with Crippen LogP contribution < -0.4 is 9.46 Å². The summed E-state index contributed by atoms with van der Waals surface area (Å²) in [5.41, 5.74) is -0.0230. The summed E-state index contributed by atoms with van der Waals surface area (Å²) in [7, 11) is -12.2. The van der Waals surface area contributed by atoms with Crippen LogP contribution in [0.25, 0.3) is 51.8 Å². The highest BCUT2D eigenvalue weighted by molar-refractivity contribution is 7.86. The monoisotopic (exact) mass is 894 g/mol. The first-order valence-electron chi connectivity index (χ1n) is 19.1. The van der Waals surface area contributed by atoms with Crippen molar-refractivity contribution in [2.45, 2.75) is 43.1 Å². The number of aryl methyl sites for hydroxylation is 1. The smallest absolute Gasteiger partial charge is 0.485 e. The van der Waals surface area contributed by atoms with Crippen molar-refractivity contribution in [1.82, 2.24) is 9.97 Å². The van der Waals surface area contributed by atoms with Crippen molar-refractivity contribution in [2.24, 2.45) is 0 Å². The maximum absolute atomic E-state index is 10.7. The van der Waals surface area contributed by atoms with Gasteiger partial charge in [-0.15, -0.1) is 0 Å². The molecule has 0 saturated carbocycles. The van der Waals surface area contributed by atoms with Gasteiger partial charge in [-0.05, 0) is 107 Å². The lowest BCUT2D eigenvalue weighted by atomic mass is 9.97. The van der Waals surface area contributed by atoms with Gasteiger partial charge in [0.25, 0.3) is 0 Å². The zero-order valence-corrected chi connectivity index (χ0v) is 34.0. The van der Waals surface area contributed by atoms with Gasteiger partial charge in [0.05, 0.1) is 10.4 Å². The van der Waals surface area contributed by atoms with Crippen molar-refractivity contribution in [3.8, 4) is 0 Å². The number of rotatable bonds is 4. The molecule has 9 rings (SSSR count). The van der Waals surface area contributed by atoms with Crippen LogP contribution in [0.3, 0.4) is 0 Å². The Balaban J connectivity index is 0.000000309. The van der Waals surface area contributed by atoms with E-state index in [0.717, 1.165) is 36.1 Å². The topological polar surface area (TPSA) is 155 Å². The van der Waals surface area contributed by atoms with E-state index in [1.54, 1.807) is 0 Å². The number of halogens is 6. The largest absolute Gasteiger partial charge is 0.741 e. The van der Waals surface area contributed by atoms with Crippen molar-refractivity contribution < 1.29 is 61.1 Å². The maximum atomic E-state index is 10.7. The number of alkyl halides is 6. The van der Waals surface area contributed by atoms with Crippen LogP contribution in [-0.2, 0) is 26.7 Å². The fourth-order valence-corrected chi connectivity index (χ4v) is 7.50. The molecule has 0 saturated heterocycles. The van der Waals surface area contributed by atoms with Crippen molar-refractivity contribution in [3.63, 3.8) is 0 Å². The molecule has 0 bridgehead atoms. The second-order valence-electron chi connectivity index (χ2n) is 14.5. The minimum Gasteiger partial charge on any atom is -0.741 e. The molecule has 3 aromatic heterocycles. The maximum Gasteiger partial charge on any atom is 0.485 e. The van der Waals surface area contributed by atoms with Crippen LogP contribution in [0.1, 0.15) is 53.6 Å². The van der Waals surface area contributed by atoms with Crippen LogP contribution in [0.4, 0.5) is 26.3 Å². The van der Waals surface area contributed by atoms with E-state index in [1.165, 1.54) is 79.3 Å². The number of pyridine rings is 1. The van der Waals surface area contributed by atoms with Crippen molar-refractivity contribution >= 4 is 78.3 Å². The van der Waals surface area contributed by atoms with Gasteiger partial charge in [-0.3, -0.25) is 0 Å². The molecule has 0 fully saturated rings. The Kier molecular flexibility index (Phi) is 12.3. The third kappa shape index (κ3) is 9.83. The van der Waals surface area contributed by atoms with E-state index in [2.05, 4.69) is 140 Å². The number of hydrogen-bond acceptors (Lipinski definition) is 6. The normalized spacial score (nSPS) is 15.5. The van der Waals surface area contributed by atoms with E-state index in [1.807, 2.05) is 12.4 Å². The van der Waals surface area contributed by atoms with Gasteiger partial charge in [-0.1, -0.05) is 30.3 Å². The number of hydrogen-bond donors (Lipinski definition) is 2. The molecular formula is C44H36F6N4O6S2. The average molecular weight is 895 g/mol. The zero-order valence-electron chi connectivity index (χ0n) is 32.4. The van der Waals surface area contributed by atoms with Gasteiger partial charge in [0.2, 0.25) is 11.0 Å². The van der Waals surface area contributed by atoms with E-state index in [0.29, 0.717) is 0 Å². The predicted octanol–water partition coefficient (Wildman–Crippen LogP) is 7.94. The third-order valence-electron chi connectivity index (χ3n) is 10.3. The fraction of sp³-hybridized carbons (Fsp3) is 0.182. The number of aromatic amines is 2. The van der Waals surface area contributed by atoms with Crippen LogP contribution in [0.2, 0.25) is 0 Å². The second-order valence-corrected chi connectivity index (χ2v) is 17.2. The van der Waals surface area contributed by atoms with Crippen molar-refractivity contribution in [2.75, 3.05) is 6.54 Å². The third-order valence-corrected chi connectivity index (χ3v) is 11.5. The Morgan fingerprint density at radius 1 is 0.661 bits per heavy atom. The summed E-state index contributed by atoms with van der Waals surface area (Å²) < 4.78 is 123. The lowest BCUT2D eigenvalue weighted by Gasteiger charge is -2.10. The molecule has 0 aliphatic carbocycles. The van der Waals surface area contributed by atoms with E-state index < -0.39 is 31.3 Å². The SMILES string of the molecule is C1=C(/C=C/c2ccc3[nH]ccc3c2)C=[n+]2c(/C=C/c3ccc4[nH]ccc4c3)cccc2=c2c1ccc1c2=C2CCCC=[N+]2CCC1.O=S(=O)([O-])C(F)(F)F.O=S(=O)([O-])C(F)(F)F. The number of fused-ring (bicyclic) bond motifs is 7. The van der Waals surface area contributed by atoms with Gasteiger partial charge < -0.3 is 19.1 Å². The van der Waals surface area contributed by atoms with Crippen LogP contribution in [0, 0.1) is 16.8 Å². The van der Waals surface area contributed by atoms with Crippen molar-refractivity contribution in [1.29, 1.82) is 0 Å². The summed E-state index contributed by atoms with van der Waals surface area (Å²) in [6.07, 6.45) is 25.9. The highest BCUT2D eigenvalue weighted by Crippen LogP contribution is 2.24. The van der Waals surface area contributed by atoms with E-state index in [4.69, 9.17) is 25.9 Å². The Bertz CT molecular complexity index is 3250. The van der Waals surface area contributed by atoms with Gasteiger partial charge in [0, 0.05) is 66.5 Å². The zero-order chi connectivity index (χ0) is 44.5. The molecule has 3 aromatic carbocycles. The first-order chi connectivity index (χ1) is 29.3. The molecule has 18 heteroatoms. The molecule has 0 unspecified atom stereocenters. The van der Waals surface area contributed by atoms with E-state index in [-0.39, 0.29) is 0 Å². The Hall–Kier alpha value is -6.08. The number of H-pyrrole nitrogens is 2. The molecule has 0 spiro atoms. The highest BCUT2D eigenvalue weighted by Gasteiger charge is 2.37. The number of benzene rings is 3. The molecule has 0 atom stereocenters. The van der Waals surface area contributed by atoms with E-state index in [9.17, 15) is 26.3 Å². The molecule has 2 N–H and O–H groups in total. The minimum atomic E-state index is -6.09. The van der Waals surface area contributed by atoms with Gasteiger partial charge in [0.1, 0.15) is 12.8 Å². The minimum absolute atomic E-state index is 1.11. The fourth-order valence-electron chi connectivity index (χ4n) is 7.50. The van der Waals surface area contributed by atoms with Crippen LogP contribution >= 0.6 is 0 Å². The molecule has 6 heterocycles. The molecule has 3 aliphatic rings. The van der Waals surface area contributed by atoms with Crippen molar-refractivity contribution in [3.05, 3.63) is 153 Å². The number of aromatic nitrogens is 3. The quantitative estimate of drug-likeness (QED) is 0.0793. The molecular weight excluding hydrogens is 859 g/mol. The van der Waals surface area contributed by atoms with Gasteiger partial charge >= 0.3 is 11.0 Å². The summed E-state index contributed by atoms with van der Waals surface area (Å²) >= 11 is 0. The summed E-state index contributed by atoms with van der Waals surface area (Å²) in [5, 5.41) is 6.50. The van der Waals surface area contributed by atoms with Crippen LogP contribution in [0.5, 0.6) is 0 Å². The first kappa shape index (κ1) is 44.0. The van der Waals surface area contributed by atoms with Gasteiger partial charge in [-0.25, -0.2) is 21.4 Å². The summed E-state index contributed by atoms with van der Waals surface area (Å²) in [6.45, 7) is 1.11. The molecule has 0 amide bonds. The molecule has 3 aliphatic heterocycles. The number of nitrogens with one attached hydrogen (secondary N) is 2. The van der Waals surface area contributed by atoms with Crippen LogP contribution in [-0.4, -0.2) is 64.3 Å². The molecule has 62 heavy (non-hydrogen) atoms. The number of nitrogens with zero attached hydrogens (tertiary/aromatic N) is 2. The lowest BCUT2D eigenvalue weighted by molar-refractivity contribution is -0.521. The molecule has 10 nitrogen and oxygen atoms in total. The Morgan fingerprint density at radius 3 is 1.85 bits per heavy atom. The van der Waals surface area contributed by atoms with Gasteiger partial charge in [-0.2, -0.15) is 30.6 Å². The standard InChI is InChI=1S/C42H36N4.2CHF3O3S/c1-2-23-45-24-4-5-32-14-15-35-27-31(10-9-29-12-17-37-33(25-29)19-21-43-37)28-46-36(6-3-8-40(46)42(35)41(32)39(45)7-1)16-11-30-13-18-38-34(26-30)20-22-44-38;2*2-1(3,4)8(5,6)7/h3,6,8-23,25-28,43-44H,1-2,4-5,7,24H2;2*(H,5,6,7)/q+2;;/p-2/b10-9+,16-11+;;.